The predicted molar refractivity (Wildman–Crippen MR) is 132 cm³/mol. The van der Waals surface area contributed by atoms with Crippen LogP contribution in [0.15, 0.2) is 77.2 Å². The molecule has 0 atom stereocenters. The fraction of sp³-hybridized carbons (Fsp3) is 0.154. The molecule has 5 N–H and O–H groups in total. The van der Waals surface area contributed by atoms with Gasteiger partial charge in [0.05, 0.1) is 29.9 Å². The van der Waals surface area contributed by atoms with Crippen molar-refractivity contribution in [2.45, 2.75) is 0 Å². The van der Waals surface area contributed by atoms with Crippen molar-refractivity contribution in [3.63, 3.8) is 0 Å². The number of aliphatic hydroxyl groups is 1. The zero-order valence-corrected chi connectivity index (χ0v) is 18.8. The number of nitrogen functional groups attached to an aromatic ring is 1. The van der Waals surface area contributed by atoms with E-state index in [9.17, 15) is 9.59 Å². The average molecular weight is 476 g/mol. The molecule has 0 saturated carbocycles. The van der Waals surface area contributed by atoms with Gasteiger partial charge in [0.15, 0.2) is 5.75 Å². The van der Waals surface area contributed by atoms with Crippen LogP contribution in [-0.4, -0.2) is 43.3 Å². The molecule has 0 aliphatic rings. The van der Waals surface area contributed by atoms with Crippen LogP contribution in [0.25, 0.3) is 11.0 Å². The number of rotatable bonds is 10. The van der Waals surface area contributed by atoms with Crippen molar-refractivity contribution in [3.05, 3.63) is 84.1 Å². The predicted octanol–water partition coefficient (Wildman–Crippen LogP) is 3.45. The summed E-state index contributed by atoms with van der Waals surface area (Å²) in [5.74, 6) is 0.135. The molecule has 0 radical (unpaired) electrons. The number of fused-ring (bicyclic) bond motifs is 1. The van der Waals surface area contributed by atoms with E-state index in [1.165, 1.54) is 0 Å². The molecule has 4 aromatic rings. The Kier molecular flexibility index (Phi) is 7.49. The molecule has 0 aliphatic heterocycles. The first-order valence-corrected chi connectivity index (χ1v) is 11.0. The van der Waals surface area contributed by atoms with Crippen LogP contribution in [0.5, 0.6) is 11.5 Å². The number of hydrogen-bond donors (Lipinski definition) is 4. The summed E-state index contributed by atoms with van der Waals surface area (Å²) in [4.78, 5) is 25.1. The zero-order chi connectivity index (χ0) is 24.6. The van der Waals surface area contributed by atoms with E-state index in [0.717, 1.165) is 0 Å². The van der Waals surface area contributed by atoms with Gasteiger partial charge in [0.2, 0.25) is 5.76 Å². The molecule has 3 aromatic carbocycles. The van der Waals surface area contributed by atoms with Crippen LogP contribution in [0.1, 0.15) is 20.9 Å². The first-order valence-electron chi connectivity index (χ1n) is 11.0. The fourth-order valence-corrected chi connectivity index (χ4v) is 3.38. The van der Waals surface area contributed by atoms with Crippen LogP contribution in [0.3, 0.4) is 0 Å². The van der Waals surface area contributed by atoms with Gasteiger partial charge in [0.25, 0.3) is 11.8 Å². The van der Waals surface area contributed by atoms with Crippen LogP contribution in [-0.2, 0) is 0 Å². The first-order chi connectivity index (χ1) is 17.1. The lowest BCUT2D eigenvalue weighted by molar-refractivity contribution is 0.0913. The zero-order valence-electron chi connectivity index (χ0n) is 18.8. The maximum absolute atomic E-state index is 12.6. The molecule has 0 fully saturated rings. The number of nitrogens with one attached hydrogen (secondary N) is 2. The highest BCUT2D eigenvalue weighted by molar-refractivity contribution is 6.05. The Balaban J connectivity index is 1.29. The number of aliphatic hydroxyl groups excluding tert-OH is 1. The summed E-state index contributed by atoms with van der Waals surface area (Å²) in [6.45, 7) is 0.268. The molecular formula is C26H25N3O6. The van der Waals surface area contributed by atoms with E-state index in [1.54, 1.807) is 66.7 Å². The van der Waals surface area contributed by atoms with Crippen molar-refractivity contribution in [3.8, 4) is 11.5 Å². The number of carbonyl (C=O) groups excluding carboxylic acids is 2. The van der Waals surface area contributed by atoms with Crippen molar-refractivity contribution < 1.29 is 28.6 Å². The topological polar surface area (TPSA) is 136 Å². The largest absolute Gasteiger partial charge is 0.492 e. The Hall–Kier alpha value is -4.50. The number of nitrogens with two attached hydrogens (primary N) is 1. The maximum atomic E-state index is 12.6. The molecular weight excluding hydrogens is 450 g/mol. The van der Waals surface area contributed by atoms with Crippen molar-refractivity contribution in [2.24, 2.45) is 0 Å². The monoisotopic (exact) mass is 475 g/mol. The summed E-state index contributed by atoms with van der Waals surface area (Å²) >= 11 is 0. The van der Waals surface area contributed by atoms with Crippen molar-refractivity contribution in [2.75, 3.05) is 37.4 Å². The molecule has 1 heterocycles. The maximum Gasteiger partial charge on any atom is 0.291 e. The quantitative estimate of drug-likeness (QED) is 0.204. The van der Waals surface area contributed by atoms with Gasteiger partial charge in [-0.05, 0) is 48.5 Å². The average Bonchev–Trinajstić information content (AvgIpc) is 3.25. The van der Waals surface area contributed by atoms with E-state index < -0.39 is 5.91 Å². The molecule has 9 heteroatoms. The number of carbonyl (C=O) groups is 2. The number of furan rings is 1. The normalized spacial score (nSPS) is 10.7. The molecule has 4 rings (SSSR count). The molecule has 0 bridgehead atoms. The number of para-hydroxylation sites is 3. The summed E-state index contributed by atoms with van der Waals surface area (Å²) in [7, 11) is 0. The molecule has 1 aromatic heterocycles. The van der Waals surface area contributed by atoms with Gasteiger partial charge in [0, 0.05) is 5.56 Å². The highest BCUT2D eigenvalue weighted by atomic mass is 16.5. The molecule has 0 unspecified atom stereocenters. The van der Waals surface area contributed by atoms with Gasteiger partial charge >= 0.3 is 0 Å². The first kappa shape index (κ1) is 23.7. The van der Waals surface area contributed by atoms with Gasteiger partial charge in [-0.25, -0.2) is 0 Å². The van der Waals surface area contributed by atoms with Gasteiger partial charge in [-0.15, -0.1) is 0 Å². The third kappa shape index (κ3) is 5.71. The molecule has 0 saturated heterocycles. The van der Waals surface area contributed by atoms with E-state index >= 15 is 0 Å². The van der Waals surface area contributed by atoms with E-state index in [1.807, 2.05) is 6.07 Å². The van der Waals surface area contributed by atoms with Crippen molar-refractivity contribution in [1.82, 2.24) is 5.32 Å². The highest BCUT2D eigenvalue weighted by Crippen LogP contribution is 2.33. The molecule has 9 nitrogen and oxygen atoms in total. The van der Waals surface area contributed by atoms with Gasteiger partial charge in [-0.2, -0.15) is 0 Å². The standard InChI is InChI=1S/C26H25N3O6/c27-20-6-2-3-7-21(20)29-25(31)17-9-11-18(12-10-17)33-15-13-28-26(32)24-23(34-16-14-30)19-5-1-4-8-22(19)35-24/h1-12,30H,13-16,27H2,(H,28,32)(H,29,31). The lowest BCUT2D eigenvalue weighted by atomic mass is 10.2. The fourth-order valence-electron chi connectivity index (χ4n) is 3.38. The van der Waals surface area contributed by atoms with Crippen LogP contribution >= 0.6 is 0 Å². The SMILES string of the molecule is Nc1ccccc1NC(=O)c1ccc(OCCNC(=O)c2oc3ccccc3c2OCCO)cc1. The van der Waals surface area contributed by atoms with E-state index in [0.29, 0.717) is 39.4 Å². The lowest BCUT2D eigenvalue weighted by Gasteiger charge is -2.10. The van der Waals surface area contributed by atoms with Gasteiger partial charge in [-0.1, -0.05) is 24.3 Å². The molecule has 0 spiro atoms. The van der Waals surface area contributed by atoms with Crippen LogP contribution in [0, 0.1) is 0 Å². The second-order valence-electron chi connectivity index (χ2n) is 7.50. The Morgan fingerprint density at radius 1 is 0.886 bits per heavy atom. The van der Waals surface area contributed by atoms with Crippen LogP contribution in [0.4, 0.5) is 11.4 Å². The molecule has 2 amide bonds. The third-order valence-corrected chi connectivity index (χ3v) is 5.08. The van der Waals surface area contributed by atoms with Gasteiger partial charge in [-0.3, -0.25) is 9.59 Å². The Morgan fingerprint density at radius 2 is 1.63 bits per heavy atom. The number of ether oxygens (including phenoxy) is 2. The second kappa shape index (κ2) is 11.1. The van der Waals surface area contributed by atoms with E-state index in [2.05, 4.69) is 10.6 Å². The van der Waals surface area contributed by atoms with Crippen LogP contribution in [0.2, 0.25) is 0 Å². The third-order valence-electron chi connectivity index (χ3n) is 5.08. The number of amides is 2. The highest BCUT2D eigenvalue weighted by Gasteiger charge is 2.21. The minimum atomic E-state index is -0.454. The number of benzene rings is 3. The van der Waals surface area contributed by atoms with Crippen molar-refractivity contribution in [1.29, 1.82) is 0 Å². The van der Waals surface area contributed by atoms with E-state index in [-0.39, 0.29) is 38.0 Å². The summed E-state index contributed by atoms with van der Waals surface area (Å²) in [5.41, 5.74) is 7.86. The Labute approximate surface area is 201 Å². The molecule has 180 valence electrons. The number of anilines is 2. The van der Waals surface area contributed by atoms with Gasteiger partial charge < -0.3 is 35.4 Å². The Morgan fingerprint density at radius 3 is 2.40 bits per heavy atom. The molecule has 35 heavy (non-hydrogen) atoms. The second-order valence-corrected chi connectivity index (χ2v) is 7.50. The van der Waals surface area contributed by atoms with Crippen LogP contribution < -0.4 is 25.8 Å². The summed E-state index contributed by atoms with van der Waals surface area (Å²) in [6, 6.07) is 20.8. The van der Waals surface area contributed by atoms with E-state index in [4.69, 9.17) is 24.7 Å². The smallest absolute Gasteiger partial charge is 0.291 e. The number of hydrogen-bond acceptors (Lipinski definition) is 7. The minimum absolute atomic E-state index is 0.0362. The Bertz CT molecular complexity index is 1320. The molecule has 0 aliphatic carbocycles. The van der Waals surface area contributed by atoms with Gasteiger partial charge in [0.1, 0.15) is 24.5 Å². The lowest BCUT2D eigenvalue weighted by Crippen LogP contribution is -2.28. The van der Waals surface area contributed by atoms with Crippen molar-refractivity contribution >= 4 is 34.2 Å². The summed E-state index contributed by atoms with van der Waals surface area (Å²) in [6.07, 6.45) is 0. The summed E-state index contributed by atoms with van der Waals surface area (Å²) in [5, 5.41) is 15.2. The minimum Gasteiger partial charge on any atom is -0.492 e. The summed E-state index contributed by atoms with van der Waals surface area (Å²) < 4.78 is 16.8.